The molecular weight excluding hydrogens is 306 g/mol. The summed E-state index contributed by atoms with van der Waals surface area (Å²) in [7, 11) is 1.57. The molecule has 6 heteroatoms. The third-order valence-corrected chi connectivity index (χ3v) is 3.84. The van der Waals surface area contributed by atoms with Gasteiger partial charge in [0.1, 0.15) is 17.1 Å². The normalized spacial score (nSPS) is 10.8. The number of rotatable bonds is 2. The van der Waals surface area contributed by atoms with E-state index in [4.69, 9.17) is 0 Å². The Balaban J connectivity index is 2.12. The summed E-state index contributed by atoms with van der Waals surface area (Å²) in [6, 6.07) is 10.5. The van der Waals surface area contributed by atoms with Crippen LogP contribution in [0, 0.1) is 13.8 Å². The number of amides is 1. The molecule has 122 valence electrons. The van der Waals surface area contributed by atoms with E-state index in [0.29, 0.717) is 16.7 Å². The third kappa shape index (κ3) is 2.62. The van der Waals surface area contributed by atoms with Gasteiger partial charge in [-0.1, -0.05) is 12.1 Å². The number of para-hydroxylation sites is 1. The Hall–Kier alpha value is -3.15. The number of nitrogens with zero attached hydrogens (tertiary/aromatic N) is 2. The van der Waals surface area contributed by atoms with E-state index in [1.165, 1.54) is 4.57 Å². The largest absolute Gasteiger partial charge is 0.506 e. The highest BCUT2D eigenvalue weighted by Gasteiger charge is 2.21. The number of aromatic nitrogens is 2. The Labute approximate surface area is 138 Å². The van der Waals surface area contributed by atoms with Crippen LogP contribution in [0.1, 0.15) is 21.6 Å². The summed E-state index contributed by atoms with van der Waals surface area (Å²) < 4.78 is 1.35. The minimum absolute atomic E-state index is 0.294. The maximum atomic E-state index is 12.5. The number of hydrogen-bond acceptors (Lipinski definition) is 4. The van der Waals surface area contributed by atoms with Crippen molar-refractivity contribution in [2.75, 3.05) is 5.32 Å². The second-order valence-electron chi connectivity index (χ2n) is 5.73. The SMILES string of the molecule is Cc1cc(C)nc(NC(=O)c2c(O)c3ccccc3n(C)c2=O)c1. The summed E-state index contributed by atoms with van der Waals surface area (Å²) in [6.45, 7) is 3.70. The molecule has 0 aliphatic rings. The zero-order valence-corrected chi connectivity index (χ0v) is 13.6. The van der Waals surface area contributed by atoms with Crippen LogP contribution in [0.5, 0.6) is 5.75 Å². The maximum Gasteiger partial charge on any atom is 0.267 e. The summed E-state index contributed by atoms with van der Waals surface area (Å²) in [5.74, 6) is -0.668. The van der Waals surface area contributed by atoms with Gasteiger partial charge in [-0.2, -0.15) is 0 Å². The first kappa shape index (κ1) is 15.7. The molecule has 2 N–H and O–H groups in total. The van der Waals surface area contributed by atoms with Gasteiger partial charge in [0.15, 0.2) is 0 Å². The Morgan fingerprint density at radius 2 is 1.92 bits per heavy atom. The van der Waals surface area contributed by atoms with Gasteiger partial charge < -0.3 is 15.0 Å². The first-order chi connectivity index (χ1) is 11.4. The molecule has 1 aromatic carbocycles. The highest BCUT2D eigenvalue weighted by molar-refractivity contribution is 6.08. The van der Waals surface area contributed by atoms with Crippen molar-refractivity contribution in [2.45, 2.75) is 13.8 Å². The van der Waals surface area contributed by atoms with Crippen molar-refractivity contribution in [3.8, 4) is 5.75 Å². The molecule has 3 aromatic rings. The molecule has 0 spiro atoms. The van der Waals surface area contributed by atoms with Gasteiger partial charge in [-0.05, 0) is 43.7 Å². The summed E-state index contributed by atoms with van der Waals surface area (Å²) >= 11 is 0. The van der Waals surface area contributed by atoms with Crippen LogP contribution >= 0.6 is 0 Å². The fraction of sp³-hybridized carbons (Fsp3) is 0.167. The van der Waals surface area contributed by atoms with Gasteiger partial charge in [-0.3, -0.25) is 9.59 Å². The molecule has 6 nitrogen and oxygen atoms in total. The number of aromatic hydroxyl groups is 1. The molecule has 2 aromatic heterocycles. The summed E-state index contributed by atoms with van der Waals surface area (Å²) in [6.07, 6.45) is 0. The topological polar surface area (TPSA) is 84.2 Å². The average molecular weight is 323 g/mol. The predicted molar refractivity (Wildman–Crippen MR) is 92.5 cm³/mol. The Morgan fingerprint density at radius 1 is 1.21 bits per heavy atom. The molecule has 2 heterocycles. The lowest BCUT2D eigenvalue weighted by Crippen LogP contribution is -2.28. The van der Waals surface area contributed by atoms with Gasteiger partial charge in [-0.15, -0.1) is 0 Å². The second kappa shape index (κ2) is 5.81. The van der Waals surface area contributed by atoms with E-state index in [-0.39, 0.29) is 11.3 Å². The molecule has 24 heavy (non-hydrogen) atoms. The number of pyridine rings is 2. The monoisotopic (exact) mass is 323 g/mol. The van der Waals surface area contributed by atoms with Gasteiger partial charge >= 0.3 is 0 Å². The van der Waals surface area contributed by atoms with E-state index in [1.807, 2.05) is 19.9 Å². The van der Waals surface area contributed by atoms with E-state index in [1.54, 1.807) is 37.4 Å². The van der Waals surface area contributed by atoms with Crippen LogP contribution in [0.15, 0.2) is 41.2 Å². The van der Waals surface area contributed by atoms with Crippen molar-refractivity contribution < 1.29 is 9.90 Å². The molecular formula is C18H17N3O3. The number of carbonyl (C=O) groups is 1. The van der Waals surface area contributed by atoms with Crippen molar-refractivity contribution in [2.24, 2.45) is 7.05 Å². The number of carbonyl (C=O) groups excluding carboxylic acids is 1. The smallest absolute Gasteiger partial charge is 0.267 e. The lowest BCUT2D eigenvalue weighted by molar-refractivity contribution is 0.102. The van der Waals surface area contributed by atoms with Gasteiger partial charge in [0, 0.05) is 18.1 Å². The van der Waals surface area contributed by atoms with Crippen LogP contribution in [-0.2, 0) is 7.05 Å². The highest BCUT2D eigenvalue weighted by atomic mass is 16.3. The number of fused-ring (bicyclic) bond motifs is 1. The molecule has 3 rings (SSSR count). The summed E-state index contributed by atoms with van der Waals surface area (Å²) in [5.41, 5.74) is 1.39. The summed E-state index contributed by atoms with van der Waals surface area (Å²) in [4.78, 5) is 29.3. The van der Waals surface area contributed by atoms with Crippen molar-refractivity contribution in [3.63, 3.8) is 0 Å². The van der Waals surface area contributed by atoms with Crippen molar-refractivity contribution in [1.82, 2.24) is 9.55 Å². The van der Waals surface area contributed by atoms with Gasteiger partial charge in [-0.25, -0.2) is 4.98 Å². The quantitative estimate of drug-likeness (QED) is 0.759. The number of aryl methyl sites for hydroxylation is 3. The average Bonchev–Trinajstić information content (AvgIpc) is 2.52. The fourth-order valence-electron chi connectivity index (χ4n) is 2.77. The lowest BCUT2D eigenvalue weighted by atomic mass is 10.1. The Bertz CT molecular complexity index is 1000. The van der Waals surface area contributed by atoms with Crippen LogP contribution in [0.25, 0.3) is 10.9 Å². The molecule has 0 saturated heterocycles. The lowest BCUT2D eigenvalue weighted by Gasteiger charge is -2.12. The zero-order chi connectivity index (χ0) is 17.4. The molecule has 0 atom stereocenters. The number of benzene rings is 1. The molecule has 0 radical (unpaired) electrons. The Morgan fingerprint density at radius 3 is 2.62 bits per heavy atom. The molecule has 1 amide bonds. The van der Waals surface area contributed by atoms with Crippen LogP contribution in [0.4, 0.5) is 5.82 Å². The second-order valence-corrected chi connectivity index (χ2v) is 5.73. The van der Waals surface area contributed by atoms with Crippen molar-refractivity contribution >= 4 is 22.6 Å². The molecule has 0 fully saturated rings. The van der Waals surface area contributed by atoms with E-state index in [0.717, 1.165) is 11.3 Å². The van der Waals surface area contributed by atoms with E-state index in [9.17, 15) is 14.7 Å². The van der Waals surface area contributed by atoms with Crippen LogP contribution in [0.2, 0.25) is 0 Å². The number of anilines is 1. The van der Waals surface area contributed by atoms with Crippen LogP contribution in [-0.4, -0.2) is 20.6 Å². The van der Waals surface area contributed by atoms with Crippen molar-refractivity contribution in [3.05, 3.63) is 63.6 Å². The molecule has 0 bridgehead atoms. The molecule has 0 aliphatic heterocycles. The fourth-order valence-corrected chi connectivity index (χ4v) is 2.77. The van der Waals surface area contributed by atoms with E-state index < -0.39 is 11.5 Å². The standard InChI is InChI=1S/C18H17N3O3/c1-10-8-11(2)19-14(9-10)20-17(23)15-16(22)12-6-4-5-7-13(12)21(3)18(15)24/h4-9,22H,1-3H3,(H,19,20,23). The van der Waals surface area contributed by atoms with E-state index in [2.05, 4.69) is 10.3 Å². The highest BCUT2D eigenvalue weighted by Crippen LogP contribution is 2.26. The number of hydrogen-bond donors (Lipinski definition) is 2. The molecule has 0 saturated carbocycles. The zero-order valence-electron chi connectivity index (χ0n) is 13.6. The molecule has 0 aliphatic carbocycles. The Kier molecular flexibility index (Phi) is 3.81. The molecule has 0 unspecified atom stereocenters. The maximum absolute atomic E-state index is 12.5. The first-order valence-corrected chi connectivity index (χ1v) is 7.46. The predicted octanol–water partition coefficient (Wildman–Crippen LogP) is 2.51. The van der Waals surface area contributed by atoms with Crippen LogP contribution < -0.4 is 10.9 Å². The first-order valence-electron chi connectivity index (χ1n) is 7.46. The van der Waals surface area contributed by atoms with Gasteiger partial charge in [0.05, 0.1) is 5.52 Å². The minimum Gasteiger partial charge on any atom is -0.506 e. The van der Waals surface area contributed by atoms with E-state index >= 15 is 0 Å². The van der Waals surface area contributed by atoms with Crippen LogP contribution in [0.3, 0.4) is 0 Å². The van der Waals surface area contributed by atoms with Gasteiger partial charge in [0.25, 0.3) is 11.5 Å². The minimum atomic E-state index is -0.684. The third-order valence-electron chi connectivity index (χ3n) is 3.84. The summed E-state index contributed by atoms with van der Waals surface area (Å²) in [5, 5.41) is 13.5. The number of nitrogens with one attached hydrogen (secondary N) is 1. The van der Waals surface area contributed by atoms with Gasteiger partial charge in [0.2, 0.25) is 0 Å². The van der Waals surface area contributed by atoms with Crippen molar-refractivity contribution in [1.29, 1.82) is 0 Å².